The molecular weight excluding hydrogens is 266 g/mol. The summed E-state index contributed by atoms with van der Waals surface area (Å²) >= 11 is 3.06. The molecule has 1 nitrogen and oxygen atoms in total. The summed E-state index contributed by atoms with van der Waals surface area (Å²) in [6.07, 6.45) is 0.837. The van der Waals surface area contributed by atoms with Gasteiger partial charge in [-0.15, -0.1) is 0 Å². The van der Waals surface area contributed by atoms with Gasteiger partial charge in [-0.3, -0.25) is 0 Å². The van der Waals surface area contributed by atoms with Crippen molar-refractivity contribution in [3.63, 3.8) is 0 Å². The molecule has 0 unspecified atom stereocenters. The van der Waals surface area contributed by atoms with Gasteiger partial charge in [0.1, 0.15) is 5.82 Å². The smallest absolute Gasteiger partial charge is 0.169 e. The summed E-state index contributed by atoms with van der Waals surface area (Å²) in [6, 6.07) is 2.00. The molecule has 0 heterocycles. The van der Waals surface area contributed by atoms with Gasteiger partial charge in [0, 0.05) is 6.07 Å². The third-order valence-corrected chi connectivity index (χ3v) is 2.49. The van der Waals surface area contributed by atoms with E-state index in [1.807, 2.05) is 0 Å². The van der Waals surface area contributed by atoms with Gasteiger partial charge >= 0.3 is 0 Å². The second-order valence-corrected chi connectivity index (χ2v) is 4.58. The van der Waals surface area contributed by atoms with Crippen molar-refractivity contribution in [1.82, 2.24) is 0 Å². The van der Waals surface area contributed by atoms with Crippen LogP contribution in [0, 0.1) is 17.6 Å². The number of halogens is 3. The number of ether oxygens (including phenoxy) is 1. The fraction of sp³-hybridized carbons (Fsp3) is 0.455. The molecule has 4 heteroatoms. The Balaban J connectivity index is 2.68. The molecule has 0 aliphatic heterocycles. The van der Waals surface area contributed by atoms with Crippen LogP contribution in [0.4, 0.5) is 8.78 Å². The largest absolute Gasteiger partial charge is 0.489 e. The van der Waals surface area contributed by atoms with Gasteiger partial charge in [-0.25, -0.2) is 8.78 Å². The Morgan fingerprint density at radius 1 is 1.33 bits per heavy atom. The van der Waals surface area contributed by atoms with Crippen molar-refractivity contribution in [1.29, 1.82) is 0 Å². The average molecular weight is 279 g/mol. The first-order chi connectivity index (χ1) is 7.00. The summed E-state index contributed by atoms with van der Waals surface area (Å²) in [7, 11) is 0. The molecule has 84 valence electrons. The van der Waals surface area contributed by atoms with Crippen molar-refractivity contribution < 1.29 is 13.5 Å². The van der Waals surface area contributed by atoms with Gasteiger partial charge < -0.3 is 4.74 Å². The van der Waals surface area contributed by atoms with E-state index in [0.29, 0.717) is 17.0 Å². The molecule has 0 fully saturated rings. The topological polar surface area (TPSA) is 9.23 Å². The molecule has 1 rings (SSSR count). The molecule has 0 saturated heterocycles. The summed E-state index contributed by atoms with van der Waals surface area (Å²) in [5.41, 5.74) is 0. The maximum Gasteiger partial charge on any atom is 0.169 e. The summed E-state index contributed by atoms with van der Waals surface area (Å²) < 4.78 is 31.5. The molecule has 1 aromatic carbocycles. The van der Waals surface area contributed by atoms with Crippen LogP contribution >= 0.6 is 15.9 Å². The number of hydrogen-bond acceptors (Lipinski definition) is 1. The fourth-order valence-electron chi connectivity index (χ4n) is 1.06. The van der Waals surface area contributed by atoms with Crippen LogP contribution < -0.4 is 4.74 Å². The molecule has 0 N–H and O–H groups in total. The predicted octanol–water partition coefficient (Wildman–Crippen LogP) is 4.15. The lowest BCUT2D eigenvalue weighted by Crippen LogP contribution is -2.03. The van der Waals surface area contributed by atoms with Crippen molar-refractivity contribution in [2.45, 2.75) is 20.3 Å². The van der Waals surface area contributed by atoms with Crippen LogP contribution in [-0.4, -0.2) is 6.61 Å². The fourth-order valence-corrected chi connectivity index (χ4v) is 1.59. The highest BCUT2D eigenvalue weighted by atomic mass is 79.9. The van der Waals surface area contributed by atoms with E-state index < -0.39 is 11.6 Å². The van der Waals surface area contributed by atoms with E-state index in [9.17, 15) is 8.78 Å². The molecule has 0 radical (unpaired) electrons. The highest BCUT2D eigenvalue weighted by Gasteiger charge is 2.10. The molecule has 0 saturated carbocycles. The Hall–Kier alpha value is -0.640. The Labute approximate surface area is 96.6 Å². The summed E-state index contributed by atoms with van der Waals surface area (Å²) in [5.74, 6) is -0.717. The predicted molar refractivity (Wildman–Crippen MR) is 59.0 cm³/mol. The van der Waals surface area contributed by atoms with Crippen LogP contribution in [0.3, 0.4) is 0 Å². The Bertz CT molecular complexity index is 316. The zero-order valence-corrected chi connectivity index (χ0v) is 10.3. The first kappa shape index (κ1) is 12.4. The standard InChI is InChI=1S/C11H13BrF2O/c1-7(2)3-4-15-11-9(12)5-8(13)6-10(11)14/h5-7H,3-4H2,1-2H3. The lowest BCUT2D eigenvalue weighted by molar-refractivity contribution is 0.274. The maximum absolute atomic E-state index is 13.2. The quantitative estimate of drug-likeness (QED) is 0.804. The molecule has 0 aromatic heterocycles. The molecule has 1 aromatic rings. The van der Waals surface area contributed by atoms with E-state index in [0.717, 1.165) is 12.5 Å². The minimum absolute atomic E-state index is 0.0806. The van der Waals surface area contributed by atoms with E-state index in [-0.39, 0.29) is 5.75 Å². The summed E-state index contributed by atoms with van der Waals surface area (Å²) in [6.45, 7) is 4.54. The summed E-state index contributed by atoms with van der Waals surface area (Å²) in [4.78, 5) is 0. The summed E-state index contributed by atoms with van der Waals surface area (Å²) in [5, 5.41) is 0. The van der Waals surface area contributed by atoms with Gasteiger partial charge in [0.05, 0.1) is 11.1 Å². The Morgan fingerprint density at radius 3 is 2.53 bits per heavy atom. The van der Waals surface area contributed by atoms with Gasteiger partial charge in [0.2, 0.25) is 0 Å². The van der Waals surface area contributed by atoms with Crippen molar-refractivity contribution in [2.75, 3.05) is 6.61 Å². The number of benzene rings is 1. The van der Waals surface area contributed by atoms with E-state index >= 15 is 0 Å². The normalized spacial score (nSPS) is 10.8. The van der Waals surface area contributed by atoms with Gasteiger partial charge in [-0.1, -0.05) is 13.8 Å². The first-order valence-electron chi connectivity index (χ1n) is 4.78. The average Bonchev–Trinajstić information content (AvgIpc) is 2.08. The van der Waals surface area contributed by atoms with Crippen LogP contribution in [-0.2, 0) is 0 Å². The third-order valence-electron chi connectivity index (χ3n) is 1.90. The van der Waals surface area contributed by atoms with Gasteiger partial charge in [-0.2, -0.15) is 0 Å². The Morgan fingerprint density at radius 2 is 2.00 bits per heavy atom. The molecule has 0 aliphatic carbocycles. The maximum atomic E-state index is 13.2. The van der Waals surface area contributed by atoms with Gasteiger partial charge in [0.25, 0.3) is 0 Å². The lowest BCUT2D eigenvalue weighted by Gasteiger charge is -2.10. The van der Waals surface area contributed by atoms with E-state index in [1.165, 1.54) is 6.07 Å². The second kappa shape index (κ2) is 5.45. The molecule has 15 heavy (non-hydrogen) atoms. The minimum atomic E-state index is -0.675. The van der Waals surface area contributed by atoms with Crippen LogP contribution in [0.15, 0.2) is 16.6 Å². The molecule has 0 spiro atoms. The Kier molecular flexibility index (Phi) is 4.51. The highest BCUT2D eigenvalue weighted by Crippen LogP contribution is 2.29. The second-order valence-electron chi connectivity index (χ2n) is 3.73. The number of hydrogen-bond donors (Lipinski definition) is 0. The zero-order chi connectivity index (χ0) is 11.4. The highest BCUT2D eigenvalue weighted by molar-refractivity contribution is 9.10. The molecule has 0 atom stereocenters. The van der Waals surface area contributed by atoms with E-state index in [1.54, 1.807) is 0 Å². The van der Waals surface area contributed by atoms with E-state index in [2.05, 4.69) is 29.8 Å². The molecule has 0 amide bonds. The van der Waals surface area contributed by atoms with Crippen molar-refractivity contribution in [2.24, 2.45) is 5.92 Å². The van der Waals surface area contributed by atoms with Gasteiger partial charge in [0.15, 0.2) is 11.6 Å². The number of rotatable bonds is 4. The van der Waals surface area contributed by atoms with Crippen molar-refractivity contribution >= 4 is 15.9 Å². The van der Waals surface area contributed by atoms with Crippen molar-refractivity contribution in [3.8, 4) is 5.75 Å². The van der Waals surface area contributed by atoms with Gasteiger partial charge in [-0.05, 0) is 34.3 Å². The zero-order valence-electron chi connectivity index (χ0n) is 8.69. The SMILES string of the molecule is CC(C)CCOc1c(F)cc(F)cc1Br. The van der Waals surface area contributed by atoms with Crippen LogP contribution in [0.25, 0.3) is 0 Å². The van der Waals surface area contributed by atoms with Crippen LogP contribution in [0.5, 0.6) is 5.75 Å². The van der Waals surface area contributed by atoms with Crippen LogP contribution in [0.1, 0.15) is 20.3 Å². The lowest BCUT2D eigenvalue weighted by atomic mass is 10.1. The monoisotopic (exact) mass is 278 g/mol. The molecule has 0 bridgehead atoms. The van der Waals surface area contributed by atoms with E-state index in [4.69, 9.17) is 4.74 Å². The third kappa shape index (κ3) is 3.78. The minimum Gasteiger partial charge on any atom is -0.489 e. The van der Waals surface area contributed by atoms with Crippen molar-refractivity contribution in [3.05, 3.63) is 28.2 Å². The molecule has 0 aliphatic rings. The van der Waals surface area contributed by atoms with Crippen LogP contribution in [0.2, 0.25) is 0 Å². The molecular formula is C11H13BrF2O. The first-order valence-corrected chi connectivity index (χ1v) is 5.57.